The molecule has 2 N–H and O–H groups in total. The second-order valence-corrected chi connectivity index (χ2v) is 5.62. The molecule has 2 rings (SSSR count). The number of halogens is 2. The number of hydrogen-bond acceptors (Lipinski definition) is 2. The molecule has 0 unspecified atom stereocenters. The summed E-state index contributed by atoms with van der Waals surface area (Å²) >= 11 is 3.25. The van der Waals surface area contributed by atoms with Gasteiger partial charge in [-0.25, -0.2) is 9.18 Å². The highest BCUT2D eigenvalue weighted by molar-refractivity contribution is 9.10. The summed E-state index contributed by atoms with van der Waals surface area (Å²) < 4.78 is 13.9. The molecule has 0 aliphatic heterocycles. The molecule has 0 aromatic heterocycles. The zero-order chi connectivity index (χ0) is 16.1. The van der Waals surface area contributed by atoms with Gasteiger partial charge in [-0.1, -0.05) is 34.1 Å². The first kappa shape index (κ1) is 16.2. The third kappa shape index (κ3) is 4.39. The zero-order valence-corrected chi connectivity index (χ0v) is 13.0. The van der Waals surface area contributed by atoms with Crippen LogP contribution in [0.15, 0.2) is 53.0 Å². The molecule has 0 spiro atoms. The van der Waals surface area contributed by atoms with Gasteiger partial charge in [0, 0.05) is 16.5 Å². The molecular weight excluding hydrogens is 353 g/mol. The largest absolute Gasteiger partial charge is 0.480 e. The lowest BCUT2D eigenvalue weighted by molar-refractivity contribution is -0.139. The quantitative estimate of drug-likeness (QED) is 0.855. The average molecular weight is 366 g/mol. The number of carbonyl (C=O) groups excluding carboxylic acids is 1. The summed E-state index contributed by atoms with van der Waals surface area (Å²) in [5.41, 5.74) is 0.849. The molecule has 2 aromatic rings. The summed E-state index contributed by atoms with van der Waals surface area (Å²) in [4.78, 5) is 23.4. The predicted octanol–water partition coefficient (Wildman–Crippen LogP) is 3.01. The lowest BCUT2D eigenvalue weighted by Crippen LogP contribution is -2.42. The van der Waals surface area contributed by atoms with Gasteiger partial charge in [-0.05, 0) is 35.9 Å². The Kier molecular flexibility index (Phi) is 5.27. The van der Waals surface area contributed by atoms with E-state index < -0.39 is 23.7 Å². The van der Waals surface area contributed by atoms with Crippen molar-refractivity contribution in [1.29, 1.82) is 0 Å². The Hall–Kier alpha value is -2.21. The summed E-state index contributed by atoms with van der Waals surface area (Å²) in [5.74, 6) is -2.11. The first-order valence-electron chi connectivity index (χ1n) is 6.49. The second-order valence-electron chi connectivity index (χ2n) is 4.71. The van der Waals surface area contributed by atoms with Crippen LogP contribution in [0.25, 0.3) is 0 Å². The highest BCUT2D eigenvalue weighted by atomic mass is 79.9. The van der Waals surface area contributed by atoms with Gasteiger partial charge in [-0.2, -0.15) is 0 Å². The van der Waals surface area contributed by atoms with Crippen molar-refractivity contribution in [3.05, 3.63) is 69.9 Å². The van der Waals surface area contributed by atoms with Crippen molar-refractivity contribution >= 4 is 27.8 Å². The van der Waals surface area contributed by atoms with Crippen molar-refractivity contribution < 1.29 is 19.1 Å². The van der Waals surface area contributed by atoms with E-state index >= 15 is 0 Å². The lowest BCUT2D eigenvalue weighted by Gasteiger charge is -2.15. The third-order valence-corrected chi connectivity index (χ3v) is 3.51. The van der Waals surface area contributed by atoms with E-state index in [-0.39, 0.29) is 6.42 Å². The van der Waals surface area contributed by atoms with Crippen molar-refractivity contribution in [2.45, 2.75) is 12.5 Å². The molecule has 0 saturated carbocycles. The van der Waals surface area contributed by atoms with E-state index in [0.29, 0.717) is 11.1 Å². The van der Waals surface area contributed by atoms with E-state index in [2.05, 4.69) is 21.2 Å². The van der Waals surface area contributed by atoms with Crippen molar-refractivity contribution in [3.63, 3.8) is 0 Å². The Morgan fingerprint density at radius 3 is 2.55 bits per heavy atom. The van der Waals surface area contributed by atoms with Crippen molar-refractivity contribution in [3.8, 4) is 0 Å². The minimum absolute atomic E-state index is 0.00678. The van der Waals surface area contributed by atoms with Gasteiger partial charge in [-0.15, -0.1) is 0 Å². The summed E-state index contributed by atoms with van der Waals surface area (Å²) in [5, 5.41) is 11.7. The van der Waals surface area contributed by atoms with Crippen molar-refractivity contribution in [1.82, 2.24) is 5.32 Å². The van der Waals surface area contributed by atoms with Crippen LogP contribution in [0.2, 0.25) is 0 Å². The summed E-state index contributed by atoms with van der Waals surface area (Å²) in [6.45, 7) is 0. The number of rotatable bonds is 5. The molecule has 0 saturated heterocycles. The predicted molar refractivity (Wildman–Crippen MR) is 83.1 cm³/mol. The normalized spacial score (nSPS) is 11.7. The molecule has 0 aliphatic rings. The molecule has 2 aromatic carbocycles. The van der Waals surface area contributed by atoms with Crippen LogP contribution in [0.3, 0.4) is 0 Å². The molecule has 0 aliphatic carbocycles. The van der Waals surface area contributed by atoms with Crippen LogP contribution in [-0.4, -0.2) is 23.0 Å². The number of hydrogen-bond donors (Lipinski definition) is 2. The number of amides is 1. The van der Waals surface area contributed by atoms with Gasteiger partial charge >= 0.3 is 5.97 Å². The van der Waals surface area contributed by atoms with Gasteiger partial charge in [0.15, 0.2) is 0 Å². The highest BCUT2D eigenvalue weighted by Crippen LogP contribution is 2.12. The van der Waals surface area contributed by atoms with Gasteiger partial charge in [0.2, 0.25) is 0 Å². The third-order valence-electron chi connectivity index (χ3n) is 3.02. The van der Waals surface area contributed by atoms with Crippen LogP contribution in [0.5, 0.6) is 0 Å². The van der Waals surface area contributed by atoms with Crippen LogP contribution in [0, 0.1) is 5.82 Å². The maximum atomic E-state index is 13.2. The molecule has 0 fully saturated rings. The Morgan fingerprint density at radius 2 is 1.91 bits per heavy atom. The Balaban J connectivity index is 2.12. The van der Waals surface area contributed by atoms with E-state index in [1.54, 1.807) is 30.3 Å². The van der Waals surface area contributed by atoms with E-state index in [4.69, 9.17) is 0 Å². The van der Waals surface area contributed by atoms with E-state index in [1.165, 1.54) is 18.2 Å². The van der Waals surface area contributed by atoms with Gasteiger partial charge < -0.3 is 10.4 Å². The number of carboxylic acids is 1. The topological polar surface area (TPSA) is 66.4 Å². The monoisotopic (exact) mass is 365 g/mol. The molecule has 0 radical (unpaired) electrons. The molecule has 1 amide bonds. The SMILES string of the molecule is O=C(N[C@H](Cc1cccc(F)c1)C(=O)O)c1cccc(Br)c1. The van der Waals surface area contributed by atoms with Crippen LogP contribution in [0.4, 0.5) is 4.39 Å². The van der Waals surface area contributed by atoms with E-state index in [9.17, 15) is 19.1 Å². The van der Waals surface area contributed by atoms with Crippen molar-refractivity contribution in [2.24, 2.45) is 0 Å². The first-order chi connectivity index (χ1) is 10.5. The summed E-state index contributed by atoms with van der Waals surface area (Å²) in [6.07, 6.45) is 0.00678. The minimum Gasteiger partial charge on any atom is -0.480 e. The zero-order valence-electron chi connectivity index (χ0n) is 11.4. The molecule has 22 heavy (non-hydrogen) atoms. The lowest BCUT2D eigenvalue weighted by atomic mass is 10.1. The average Bonchev–Trinajstić information content (AvgIpc) is 2.46. The summed E-state index contributed by atoms with van der Waals surface area (Å²) in [6, 6.07) is 11.1. The fraction of sp³-hybridized carbons (Fsp3) is 0.125. The number of benzene rings is 2. The molecule has 1 atom stereocenters. The Labute approximate surface area is 135 Å². The summed E-state index contributed by atoms with van der Waals surface area (Å²) in [7, 11) is 0. The van der Waals surface area contributed by atoms with Gasteiger partial charge in [-0.3, -0.25) is 4.79 Å². The molecule has 4 nitrogen and oxygen atoms in total. The number of carbonyl (C=O) groups is 2. The first-order valence-corrected chi connectivity index (χ1v) is 7.28. The van der Waals surface area contributed by atoms with E-state index in [1.807, 2.05) is 0 Å². The second kappa shape index (κ2) is 7.17. The maximum absolute atomic E-state index is 13.2. The van der Waals surface area contributed by atoms with Gasteiger partial charge in [0.1, 0.15) is 11.9 Å². The Bertz CT molecular complexity index is 705. The van der Waals surface area contributed by atoms with E-state index in [0.717, 1.165) is 4.47 Å². The van der Waals surface area contributed by atoms with Gasteiger partial charge in [0.25, 0.3) is 5.91 Å². The maximum Gasteiger partial charge on any atom is 0.326 e. The fourth-order valence-electron chi connectivity index (χ4n) is 1.97. The van der Waals surface area contributed by atoms with Gasteiger partial charge in [0.05, 0.1) is 0 Å². The standard InChI is InChI=1S/C16H13BrFNO3/c17-12-5-2-4-11(9-12)15(20)19-14(16(21)22)8-10-3-1-6-13(18)7-10/h1-7,9,14H,8H2,(H,19,20)(H,21,22)/t14-/m1/s1. The van der Waals surface area contributed by atoms with Crippen LogP contribution < -0.4 is 5.32 Å². The van der Waals surface area contributed by atoms with Crippen LogP contribution in [0.1, 0.15) is 15.9 Å². The fourth-order valence-corrected chi connectivity index (χ4v) is 2.37. The highest BCUT2D eigenvalue weighted by Gasteiger charge is 2.21. The van der Waals surface area contributed by atoms with Crippen molar-refractivity contribution in [2.75, 3.05) is 0 Å². The molecular formula is C16H13BrFNO3. The molecule has 114 valence electrons. The smallest absolute Gasteiger partial charge is 0.326 e. The molecule has 0 bridgehead atoms. The number of aliphatic carboxylic acids is 1. The number of carboxylic acid groups (broad SMARTS) is 1. The molecule has 0 heterocycles. The minimum atomic E-state index is -1.17. The Morgan fingerprint density at radius 1 is 1.18 bits per heavy atom. The van der Waals surface area contributed by atoms with Crippen LogP contribution >= 0.6 is 15.9 Å². The van der Waals surface area contributed by atoms with Crippen LogP contribution in [-0.2, 0) is 11.2 Å². The number of nitrogens with one attached hydrogen (secondary N) is 1. The molecule has 6 heteroatoms.